The number of hydrogen-bond donors (Lipinski definition) is 2. The van der Waals surface area contributed by atoms with Crippen LogP contribution in [0, 0.1) is 16.9 Å². The third-order valence-corrected chi connectivity index (χ3v) is 1.68. The molecule has 1 aromatic carbocycles. The average molecular weight is 186 g/mol. The van der Waals surface area contributed by atoms with Crippen molar-refractivity contribution < 1.29 is 0 Å². The fourth-order valence-electron chi connectivity index (χ4n) is 1.03. The van der Waals surface area contributed by atoms with Gasteiger partial charge in [-0.15, -0.1) is 6.58 Å². The van der Waals surface area contributed by atoms with Gasteiger partial charge < -0.3 is 5.32 Å². The van der Waals surface area contributed by atoms with Gasteiger partial charge in [0.1, 0.15) is 5.69 Å². The van der Waals surface area contributed by atoms with Crippen LogP contribution in [0.15, 0.2) is 36.0 Å². The number of anilines is 1. The Hall–Kier alpha value is -2.15. The van der Waals surface area contributed by atoms with Crippen LogP contribution in [0.5, 0.6) is 0 Å². The first-order valence-electron chi connectivity index (χ1n) is 4.08. The average Bonchev–Trinajstić information content (AvgIpc) is 2.26. The molecule has 4 heteroatoms. The molecule has 0 saturated carbocycles. The Balaban J connectivity index is 3.00. The van der Waals surface area contributed by atoms with Gasteiger partial charge in [-0.05, 0) is 18.2 Å². The van der Waals surface area contributed by atoms with E-state index in [1.807, 2.05) is 6.07 Å². The molecule has 0 aliphatic carbocycles. The summed E-state index contributed by atoms with van der Waals surface area (Å²) in [6.45, 7) is 4.18. The minimum Gasteiger partial charge on any atom is -0.380 e. The molecule has 70 valence electrons. The van der Waals surface area contributed by atoms with Gasteiger partial charge in [-0.25, -0.2) is 5.53 Å². The summed E-state index contributed by atoms with van der Waals surface area (Å²) in [5.41, 5.74) is 8.64. The molecular weight excluding hydrogens is 176 g/mol. The van der Waals surface area contributed by atoms with Gasteiger partial charge in [-0.2, -0.15) is 10.4 Å². The number of nitrogens with one attached hydrogen (secondary N) is 2. The van der Waals surface area contributed by atoms with Crippen LogP contribution in [0.25, 0.3) is 0 Å². The first-order chi connectivity index (χ1) is 6.81. The Morgan fingerprint density at radius 3 is 3.00 bits per heavy atom. The minimum absolute atomic E-state index is 0.464. The van der Waals surface area contributed by atoms with E-state index in [-0.39, 0.29) is 0 Å². The fraction of sp³-hybridized carbons (Fsp3) is 0.100. The molecular formula is C10H10N4. The number of benzene rings is 1. The minimum atomic E-state index is 0.464. The Morgan fingerprint density at radius 2 is 2.43 bits per heavy atom. The molecule has 0 aliphatic heterocycles. The number of hydrogen-bond acceptors (Lipinski definition) is 4. The molecule has 1 rings (SSSR count). The van der Waals surface area contributed by atoms with Gasteiger partial charge in [0.25, 0.3) is 0 Å². The molecule has 0 spiro atoms. The summed E-state index contributed by atoms with van der Waals surface area (Å²) in [4.78, 5) is 0. The second-order valence-electron chi connectivity index (χ2n) is 2.63. The summed E-state index contributed by atoms with van der Waals surface area (Å²) in [5.74, 6) is 0. The van der Waals surface area contributed by atoms with E-state index in [2.05, 4.69) is 17.0 Å². The molecule has 1 aromatic rings. The predicted molar refractivity (Wildman–Crippen MR) is 54.7 cm³/mol. The zero-order valence-corrected chi connectivity index (χ0v) is 7.62. The van der Waals surface area contributed by atoms with Crippen LogP contribution < -0.4 is 5.32 Å². The lowest BCUT2D eigenvalue weighted by atomic mass is 10.2. The molecule has 2 N–H and O–H groups in total. The first-order valence-corrected chi connectivity index (χ1v) is 4.08. The molecule has 0 fully saturated rings. The van der Waals surface area contributed by atoms with Crippen molar-refractivity contribution in [3.63, 3.8) is 0 Å². The molecule has 0 radical (unpaired) electrons. The molecule has 0 saturated heterocycles. The summed E-state index contributed by atoms with van der Waals surface area (Å²) in [7, 11) is 0. The quantitative estimate of drug-likeness (QED) is 0.560. The first kappa shape index (κ1) is 9.93. The largest absolute Gasteiger partial charge is 0.380 e. The van der Waals surface area contributed by atoms with E-state index in [0.717, 1.165) is 5.69 Å². The van der Waals surface area contributed by atoms with Crippen molar-refractivity contribution in [2.24, 2.45) is 5.11 Å². The molecule has 0 aliphatic rings. The van der Waals surface area contributed by atoms with Crippen LogP contribution in [-0.2, 0) is 0 Å². The van der Waals surface area contributed by atoms with E-state index >= 15 is 0 Å². The van der Waals surface area contributed by atoms with E-state index in [9.17, 15) is 0 Å². The van der Waals surface area contributed by atoms with Crippen molar-refractivity contribution in [3.8, 4) is 6.07 Å². The van der Waals surface area contributed by atoms with E-state index in [0.29, 0.717) is 17.8 Å². The summed E-state index contributed by atoms with van der Waals surface area (Å²) in [6.07, 6.45) is 1.71. The second-order valence-corrected chi connectivity index (χ2v) is 2.63. The lowest BCUT2D eigenvalue weighted by Crippen LogP contribution is -1.97. The Kier molecular flexibility index (Phi) is 3.39. The molecule has 0 atom stereocenters. The molecule has 0 unspecified atom stereocenters. The second kappa shape index (κ2) is 4.77. The van der Waals surface area contributed by atoms with Gasteiger partial charge in [0.05, 0.1) is 17.3 Å². The Morgan fingerprint density at radius 1 is 1.64 bits per heavy atom. The van der Waals surface area contributed by atoms with E-state index < -0.39 is 0 Å². The fourth-order valence-corrected chi connectivity index (χ4v) is 1.03. The summed E-state index contributed by atoms with van der Waals surface area (Å²) < 4.78 is 0. The van der Waals surface area contributed by atoms with Crippen molar-refractivity contribution in [1.29, 1.82) is 10.8 Å². The summed E-state index contributed by atoms with van der Waals surface area (Å²) in [5, 5.41) is 15.0. The topological polar surface area (TPSA) is 72.0 Å². The van der Waals surface area contributed by atoms with Crippen molar-refractivity contribution in [1.82, 2.24) is 0 Å². The highest BCUT2D eigenvalue weighted by Gasteiger charge is 2.01. The Bertz CT molecular complexity index is 390. The third kappa shape index (κ3) is 2.17. The van der Waals surface area contributed by atoms with E-state index in [1.54, 1.807) is 24.3 Å². The van der Waals surface area contributed by atoms with Crippen LogP contribution >= 0.6 is 0 Å². The molecule has 0 heterocycles. The zero-order chi connectivity index (χ0) is 10.4. The highest BCUT2D eigenvalue weighted by molar-refractivity contribution is 5.67. The number of rotatable bonds is 4. The monoisotopic (exact) mass is 186 g/mol. The normalized spacial score (nSPS) is 8.79. The lowest BCUT2D eigenvalue weighted by molar-refractivity contribution is 1.14. The molecule has 0 aromatic heterocycles. The van der Waals surface area contributed by atoms with Crippen molar-refractivity contribution in [3.05, 3.63) is 36.4 Å². The van der Waals surface area contributed by atoms with Gasteiger partial charge >= 0.3 is 0 Å². The van der Waals surface area contributed by atoms with Crippen molar-refractivity contribution in [2.45, 2.75) is 0 Å². The van der Waals surface area contributed by atoms with Gasteiger partial charge in [0.2, 0.25) is 0 Å². The van der Waals surface area contributed by atoms with Crippen LogP contribution in [-0.4, -0.2) is 6.54 Å². The summed E-state index contributed by atoms with van der Waals surface area (Å²) in [6, 6.07) is 6.97. The standard InChI is InChI=1S/C10H10N4/c1-2-5-13-9-4-3-8(7-11)6-10(9)14-12/h2-4,6,12-13H,1,5H2. The van der Waals surface area contributed by atoms with Crippen LogP contribution in [0.2, 0.25) is 0 Å². The Labute approximate surface area is 82.4 Å². The van der Waals surface area contributed by atoms with Gasteiger partial charge in [-0.3, -0.25) is 0 Å². The van der Waals surface area contributed by atoms with Crippen molar-refractivity contribution >= 4 is 11.4 Å². The lowest BCUT2D eigenvalue weighted by Gasteiger charge is -2.05. The SMILES string of the molecule is C=CCNc1ccc(C#N)cc1N=N. The van der Waals surface area contributed by atoms with Crippen molar-refractivity contribution in [2.75, 3.05) is 11.9 Å². The maximum absolute atomic E-state index is 8.64. The summed E-state index contributed by atoms with van der Waals surface area (Å²) >= 11 is 0. The highest BCUT2D eigenvalue weighted by Crippen LogP contribution is 2.25. The van der Waals surface area contributed by atoms with Gasteiger partial charge in [0.15, 0.2) is 0 Å². The van der Waals surface area contributed by atoms with Gasteiger partial charge in [-0.1, -0.05) is 6.08 Å². The smallest absolute Gasteiger partial charge is 0.109 e. The third-order valence-electron chi connectivity index (χ3n) is 1.68. The molecule has 14 heavy (non-hydrogen) atoms. The van der Waals surface area contributed by atoms with E-state index in [4.69, 9.17) is 10.8 Å². The van der Waals surface area contributed by atoms with Crippen LogP contribution in [0.3, 0.4) is 0 Å². The maximum atomic E-state index is 8.64. The number of nitriles is 1. The van der Waals surface area contributed by atoms with E-state index in [1.165, 1.54) is 0 Å². The van der Waals surface area contributed by atoms with Crippen LogP contribution in [0.4, 0.5) is 11.4 Å². The number of nitrogens with zero attached hydrogens (tertiary/aromatic N) is 2. The predicted octanol–water partition coefficient (Wildman–Crippen LogP) is 2.82. The molecule has 0 amide bonds. The zero-order valence-electron chi connectivity index (χ0n) is 7.62. The van der Waals surface area contributed by atoms with Gasteiger partial charge in [0, 0.05) is 6.54 Å². The maximum Gasteiger partial charge on any atom is 0.109 e. The highest BCUT2D eigenvalue weighted by atomic mass is 15.0. The molecule has 4 nitrogen and oxygen atoms in total. The van der Waals surface area contributed by atoms with Crippen LogP contribution in [0.1, 0.15) is 5.56 Å². The molecule has 0 bridgehead atoms.